The molecule has 0 radical (unpaired) electrons. The molecular formula is C11H14ClNO2. The van der Waals surface area contributed by atoms with Gasteiger partial charge in [0.15, 0.2) is 0 Å². The molecule has 0 bridgehead atoms. The van der Waals surface area contributed by atoms with Gasteiger partial charge in [-0.15, -0.1) is 0 Å². The molecule has 0 spiro atoms. The third-order valence-corrected chi connectivity index (χ3v) is 2.58. The molecule has 0 aliphatic rings. The Morgan fingerprint density at radius 2 is 2.27 bits per heavy atom. The van der Waals surface area contributed by atoms with E-state index in [4.69, 9.17) is 16.7 Å². The lowest BCUT2D eigenvalue weighted by atomic mass is 10.2. The van der Waals surface area contributed by atoms with Crippen molar-refractivity contribution in [3.05, 3.63) is 29.3 Å². The number of rotatable bonds is 4. The highest BCUT2D eigenvalue weighted by atomic mass is 35.5. The first kappa shape index (κ1) is 11.9. The van der Waals surface area contributed by atoms with Crippen LogP contribution in [0.3, 0.4) is 0 Å². The van der Waals surface area contributed by atoms with Gasteiger partial charge in [0, 0.05) is 23.8 Å². The molecular weight excluding hydrogens is 214 g/mol. The Morgan fingerprint density at radius 1 is 1.60 bits per heavy atom. The molecule has 1 aromatic rings. The van der Waals surface area contributed by atoms with E-state index in [1.165, 1.54) is 0 Å². The van der Waals surface area contributed by atoms with Gasteiger partial charge in [-0.1, -0.05) is 17.7 Å². The molecule has 1 atom stereocenters. The SMILES string of the molecule is CC(CC(=O)O)N(C)c1cccc(Cl)c1. The maximum atomic E-state index is 10.6. The summed E-state index contributed by atoms with van der Waals surface area (Å²) in [6.07, 6.45) is 0.114. The van der Waals surface area contributed by atoms with Crippen LogP contribution in [0.15, 0.2) is 24.3 Å². The molecule has 1 aromatic carbocycles. The lowest BCUT2D eigenvalue weighted by Crippen LogP contribution is -2.30. The van der Waals surface area contributed by atoms with E-state index in [0.717, 1.165) is 5.69 Å². The van der Waals surface area contributed by atoms with Gasteiger partial charge in [0.25, 0.3) is 0 Å². The molecule has 0 aromatic heterocycles. The molecule has 82 valence electrons. The largest absolute Gasteiger partial charge is 0.481 e. The lowest BCUT2D eigenvalue weighted by Gasteiger charge is -2.25. The second kappa shape index (κ2) is 5.03. The van der Waals surface area contributed by atoms with Gasteiger partial charge in [-0.2, -0.15) is 0 Å². The smallest absolute Gasteiger partial charge is 0.305 e. The van der Waals surface area contributed by atoms with Gasteiger partial charge in [0.05, 0.1) is 6.42 Å². The summed E-state index contributed by atoms with van der Waals surface area (Å²) in [5.74, 6) is -0.795. The zero-order valence-corrected chi connectivity index (χ0v) is 9.53. The minimum absolute atomic E-state index is 0.0547. The molecule has 15 heavy (non-hydrogen) atoms. The van der Waals surface area contributed by atoms with Crippen LogP contribution in [0.4, 0.5) is 5.69 Å². The van der Waals surface area contributed by atoms with Crippen molar-refractivity contribution in [1.29, 1.82) is 0 Å². The summed E-state index contributed by atoms with van der Waals surface area (Å²) in [5.41, 5.74) is 0.927. The summed E-state index contributed by atoms with van der Waals surface area (Å²) in [4.78, 5) is 12.5. The molecule has 0 amide bonds. The first-order valence-electron chi connectivity index (χ1n) is 4.71. The maximum Gasteiger partial charge on any atom is 0.305 e. The number of benzene rings is 1. The van der Waals surface area contributed by atoms with E-state index in [0.29, 0.717) is 5.02 Å². The van der Waals surface area contributed by atoms with Crippen molar-refractivity contribution >= 4 is 23.3 Å². The fourth-order valence-electron chi connectivity index (χ4n) is 1.34. The first-order chi connectivity index (χ1) is 7.00. The molecule has 0 saturated carbocycles. The van der Waals surface area contributed by atoms with Crippen LogP contribution in [0.25, 0.3) is 0 Å². The zero-order chi connectivity index (χ0) is 11.4. The second-order valence-electron chi connectivity index (χ2n) is 3.54. The predicted molar refractivity (Wildman–Crippen MR) is 61.6 cm³/mol. The minimum atomic E-state index is -0.795. The van der Waals surface area contributed by atoms with Gasteiger partial charge in [0.2, 0.25) is 0 Å². The van der Waals surface area contributed by atoms with Crippen molar-refractivity contribution in [2.75, 3.05) is 11.9 Å². The molecule has 0 saturated heterocycles. The van der Waals surface area contributed by atoms with Crippen LogP contribution in [-0.4, -0.2) is 24.2 Å². The summed E-state index contributed by atoms with van der Waals surface area (Å²) in [6, 6.07) is 7.31. The Kier molecular flexibility index (Phi) is 3.97. The Bertz CT molecular complexity index is 354. The van der Waals surface area contributed by atoms with Crippen molar-refractivity contribution in [2.45, 2.75) is 19.4 Å². The van der Waals surface area contributed by atoms with Crippen LogP contribution in [0.2, 0.25) is 5.02 Å². The van der Waals surface area contributed by atoms with E-state index >= 15 is 0 Å². The fraction of sp³-hybridized carbons (Fsp3) is 0.364. The number of nitrogens with zero attached hydrogens (tertiary/aromatic N) is 1. The quantitative estimate of drug-likeness (QED) is 0.860. The molecule has 0 fully saturated rings. The highest BCUT2D eigenvalue weighted by Crippen LogP contribution is 2.20. The number of halogens is 1. The van der Waals surface area contributed by atoms with Crippen molar-refractivity contribution in [2.24, 2.45) is 0 Å². The molecule has 0 aliphatic carbocycles. The number of carbonyl (C=O) groups is 1. The van der Waals surface area contributed by atoms with Crippen LogP contribution >= 0.6 is 11.6 Å². The van der Waals surface area contributed by atoms with Crippen molar-refractivity contribution < 1.29 is 9.90 Å². The highest BCUT2D eigenvalue weighted by molar-refractivity contribution is 6.30. The topological polar surface area (TPSA) is 40.5 Å². The average Bonchev–Trinajstić information content (AvgIpc) is 2.15. The van der Waals surface area contributed by atoms with Gasteiger partial charge in [-0.3, -0.25) is 4.79 Å². The van der Waals surface area contributed by atoms with Crippen LogP contribution in [0.1, 0.15) is 13.3 Å². The maximum absolute atomic E-state index is 10.6. The molecule has 1 rings (SSSR count). The predicted octanol–water partition coefficient (Wildman–Crippen LogP) is 2.64. The van der Waals surface area contributed by atoms with E-state index in [2.05, 4.69) is 0 Å². The molecule has 4 heteroatoms. The average molecular weight is 228 g/mol. The number of anilines is 1. The van der Waals surface area contributed by atoms with Crippen LogP contribution < -0.4 is 4.90 Å². The lowest BCUT2D eigenvalue weighted by molar-refractivity contribution is -0.137. The zero-order valence-electron chi connectivity index (χ0n) is 8.77. The van der Waals surface area contributed by atoms with E-state index in [1.807, 2.05) is 37.1 Å². The van der Waals surface area contributed by atoms with E-state index in [-0.39, 0.29) is 12.5 Å². The Hall–Kier alpha value is -1.22. The number of carboxylic acid groups (broad SMARTS) is 1. The summed E-state index contributed by atoms with van der Waals surface area (Å²) < 4.78 is 0. The molecule has 3 nitrogen and oxygen atoms in total. The van der Waals surface area contributed by atoms with Crippen molar-refractivity contribution in [3.8, 4) is 0 Å². The third kappa shape index (κ3) is 3.44. The van der Waals surface area contributed by atoms with E-state index in [1.54, 1.807) is 6.07 Å². The number of hydrogen-bond acceptors (Lipinski definition) is 2. The monoisotopic (exact) mass is 227 g/mol. The van der Waals surface area contributed by atoms with Crippen LogP contribution in [-0.2, 0) is 4.79 Å². The summed E-state index contributed by atoms with van der Waals surface area (Å²) in [7, 11) is 1.86. The standard InChI is InChI=1S/C11H14ClNO2/c1-8(6-11(14)15)13(2)10-5-3-4-9(12)7-10/h3-5,7-8H,6H2,1-2H3,(H,14,15). The third-order valence-electron chi connectivity index (χ3n) is 2.35. The first-order valence-corrected chi connectivity index (χ1v) is 5.08. The van der Waals surface area contributed by atoms with Gasteiger partial charge < -0.3 is 10.0 Å². The summed E-state index contributed by atoms with van der Waals surface area (Å²) in [6.45, 7) is 1.87. The van der Waals surface area contributed by atoms with Gasteiger partial charge in [0.1, 0.15) is 0 Å². The molecule has 1 N–H and O–H groups in total. The van der Waals surface area contributed by atoms with Crippen molar-refractivity contribution in [3.63, 3.8) is 0 Å². The van der Waals surface area contributed by atoms with Crippen LogP contribution in [0.5, 0.6) is 0 Å². The minimum Gasteiger partial charge on any atom is -0.481 e. The number of carboxylic acids is 1. The molecule has 1 unspecified atom stereocenters. The van der Waals surface area contributed by atoms with Gasteiger partial charge >= 0.3 is 5.97 Å². The normalized spacial score (nSPS) is 12.2. The summed E-state index contributed by atoms with van der Waals surface area (Å²) >= 11 is 5.86. The molecule has 0 heterocycles. The highest BCUT2D eigenvalue weighted by Gasteiger charge is 2.13. The Labute approximate surface area is 94.3 Å². The fourth-order valence-corrected chi connectivity index (χ4v) is 1.52. The van der Waals surface area contributed by atoms with E-state index in [9.17, 15) is 4.79 Å². The van der Waals surface area contributed by atoms with E-state index < -0.39 is 5.97 Å². The van der Waals surface area contributed by atoms with Crippen LogP contribution in [0, 0.1) is 0 Å². The van der Waals surface area contributed by atoms with Gasteiger partial charge in [-0.25, -0.2) is 0 Å². The molecule has 0 aliphatic heterocycles. The number of aliphatic carboxylic acids is 1. The number of hydrogen-bond donors (Lipinski definition) is 1. The van der Waals surface area contributed by atoms with Crippen molar-refractivity contribution in [1.82, 2.24) is 0 Å². The Balaban J connectivity index is 2.75. The second-order valence-corrected chi connectivity index (χ2v) is 3.97. The summed E-state index contributed by atoms with van der Waals surface area (Å²) in [5, 5.41) is 9.34. The van der Waals surface area contributed by atoms with Gasteiger partial charge in [-0.05, 0) is 25.1 Å². The Morgan fingerprint density at radius 3 is 2.80 bits per heavy atom.